The Balaban J connectivity index is 0.00000141. The van der Waals surface area contributed by atoms with Crippen molar-refractivity contribution in [3.8, 4) is 11.3 Å². The number of fused-ring (bicyclic) bond motifs is 1. The molecule has 2 N–H and O–H groups in total. The topological polar surface area (TPSA) is 96.8 Å². The first-order valence-corrected chi connectivity index (χ1v) is 10.6. The third-order valence-electron chi connectivity index (χ3n) is 5.68. The lowest BCUT2D eigenvalue weighted by molar-refractivity contribution is -0.145. The number of aromatic nitrogens is 3. The molecule has 0 saturated carbocycles. The first-order chi connectivity index (χ1) is 15.1. The smallest absolute Gasteiger partial charge is 0.252 e. The number of anilines is 2. The summed E-state index contributed by atoms with van der Waals surface area (Å²) < 4.78 is 16.5. The number of nitrogens with zero attached hydrogens (tertiary/aromatic N) is 5. The highest BCUT2D eigenvalue weighted by molar-refractivity contribution is 6.03. The fourth-order valence-electron chi connectivity index (χ4n) is 4.15. The van der Waals surface area contributed by atoms with Gasteiger partial charge < -0.3 is 15.5 Å². The highest BCUT2D eigenvalue weighted by atomic mass is 19.1. The molecule has 1 fully saturated rings. The van der Waals surface area contributed by atoms with Crippen molar-refractivity contribution in [2.24, 2.45) is 0 Å². The highest BCUT2D eigenvalue weighted by Gasteiger charge is 2.44. The van der Waals surface area contributed by atoms with Crippen LogP contribution in [0.3, 0.4) is 0 Å². The van der Waals surface area contributed by atoms with Crippen molar-refractivity contribution in [1.29, 1.82) is 0 Å². The number of nitrogens with two attached hydrogens (primary N) is 1. The Kier molecular flexibility index (Phi) is 6.20. The number of amides is 2. The first kappa shape index (κ1) is 23.2. The molecule has 0 spiro atoms. The van der Waals surface area contributed by atoms with Crippen LogP contribution >= 0.6 is 0 Å². The van der Waals surface area contributed by atoms with Crippen molar-refractivity contribution < 1.29 is 14.0 Å². The van der Waals surface area contributed by atoms with E-state index < -0.39 is 11.4 Å². The number of carbonyl (C=O) groups is 2. The van der Waals surface area contributed by atoms with E-state index in [0.717, 1.165) is 5.56 Å². The first-order valence-electron chi connectivity index (χ1n) is 10.6. The van der Waals surface area contributed by atoms with Gasteiger partial charge in [0, 0.05) is 25.6 Å². The fourth-order valence-corrected chi connectivity index (χ4v) is 4.15. The van der Waals surface area contributed by atoms with Gasteiger partial charge in [-0.05, 0) is 50.6 Å². The summed E-state index contributed by atoms with van der Waals surface area (Å²) in [4.78, 5) is 32.0. The SMILES string of the molecule is CC.CC(=O)N1CCN(c2cc(-c3cc(C)c4c(N)ncnn34)ccc2F)C(=O)C1(C)C. The Bertz CT molecular complexity index is 1190. The fraction of sp³-hybridized carbons (Fsp3) is 0.391. The van der Waals surface area contributed by atoms with Gasteiger partial charge in [-0.3, -0.25) is 9.59 Å². The summed E-state index contributed by atoms with van der Waals surface area (Å²) in [5.41, 5.74) is 8.07. The van der Waals surface area contributed by atoms with Crippen LogP contribution in [0, 0.1) is 12.7 Å². The van der Waals surface area contributed by atoms with Gasteiger partial charge in [0.25, 0.3) is 5.91 Å². The number of nitrogen functional groups attached to an aromatic ring is 1. The lowest BCUT2D eigenvalue weighted by Crippen LogP contribution is -2.64. The van der Waals surface area contributed by atoms with Gasteiger partial charge in [0.15, 0.2) is 5.82 Å². The van der Waals surface area contributed by atoms with Gasteiger partial charge in [0.1, 0.15) is 23.2 Å². The van der Waals surface area contributed by atoms with E-state index >= 15 is 0 Å². The summed E-state index contributed by atoms with van der Waals surface area (Å²) in [6.07, 6.45) is 1.36. The molecule has 2 aromatic heterocycles. The number of rotatable bonds is 2. The molecule has 1 aliphatic rings. The summed E-state index contributed by atoms with van der Waals surface area (Å²) in [6, 6.07) is 6.50. The largest absolute Gasteiger partial charge is 0.382 e. The predicted octanol–water partition coefficient (Wildman–Crippen LogP) is 3.43. The number of piperazine rings is 1. The van der Waals surface area contributed by atoms with Gasteiger partial charge in [-0.25, -0.2) is 13.9 Å². The van der Waals surface area contributed by atoms with E-state index in [2.05, 4.69) is 10.1 Å². The van der Waals surface area contributed by atoms with Gasteiger partial charge in [-0.2, -0.15) is 5.10 Å². The van der Waals surface area contributed by atoms with Gasteiger partial charge in [-0.15, -0.1) is 0 Å². The second-order valence-corrected chi connectivity index (χ2v) is 7.97. The maximum Gasteiger partial charge on any atom is 0.252 e. The van der Waals surface area contributed by atoms with Gasteiger partial charge >= 0.3 is 0 Å². The molecule has 0 bridgehead atoms. The molecule has 9 heteroatoms. The van der Waals surface area contributed by atoms with Crippen LogP contribution in [0.2, 0.25) is 0 Å². The average molecular weight is 441 g/mol. The lowest BCUT2D eigenvalue weighted by Gasteiger charge is -2.45. The van der Waals surface area contributed by atoms with E-state index in [1.54, 1.807) is 30.5 Å². The van der Waals surface area contributed by atoms with Crippen LogP contribution in [0.15, 0.2) is 30.6 Å². The molecular formula is C23H29FN6O2. The summed E-state index contributed by atoms with van der Waals surface area (Å²) in [6.45, 7) is 11.2. The van der Waals surface area contributed by atoms with Crippen molar-refractivity contribution in [1.82, 2.24) is 19.5 Å². The Morgan fingerprint density at radius 1 is 1.19 bits per heavy atom. The van der Waals surface area contributed by atoms with Crippen LogP contribution in [-0.2, 0) is 9.59 Å². The number of hydrogen-bond acceptors (Lipinski definition) is 5. The van der Waals surface area contributed by atoms with Crippen molar-refractivity contribution in [2.45, 2.75) is 47.1 Å². The Hall–Kier alpha value is -3.49. The molecule has 4 rings (SSSR count). The Morgan fingerprint density at radius 3 is 2.53 bits per heavy atom. The zero-order chi connectivity index (χ0) is 23.8. The quantitative estimate of drug-likeness (QED) is 0.659. The average Bonchev–Trinajstić information content (AvgIpc) is 3.09. The van der Waals surface area contributed by atoms with E-state index in [4.69, 9.17) is 5.73 Å². The Morgan fingerprint density at radius 2 is 1.88 bits per heavy atom. The standard InChI is InChI=1S/C21H23FN6O2.C2H6/c1-12-9-16(28-18(12)19(23)24-11-25-28)14-5-6-15(22)17(10-14)26-7-8-27(13(2)29)21(3,4)20(26)30;1-2/h5-6,9-11H,7-8H2,1-4H3,(H2,23,24,25);1-2H3. The molecule has 170 valence electrons. The van der Waals surface area contributed by atoms with E-state index in [1.165, 1.54) is 29.1 Å². The second kappa shape index (κ2) is 8.57. The van der Waals surface area contributed by atoms with Crippen molar-refractivity contribution in [3.63, 3.8) is 0 Å². The molecular weight excluding hydrogens is 411 g/mol. The third-order valence-corrected chi connectivity index (χ3v) is 5.68. The molecule has 0 atom stereocenters. The molecule has 2 amide bonds. The van der Waals surface area contributed by atoms with E-state index in [9.17, 15) is 14.0 Å². The number of aryl methyl sites for hydroxylation is 1. The highest BCUT2D eigenvalue weighted by Crippen LogP contribution is 2.34. The molecule has 0 aliphatic carbocycles. The maximum atomic E-state index is 14.8. The molecule has 1 aliphatic heterocycles. The monoisotopic (exact) mass is 440 g/mol. The zero-order valence-corrected chi connectivity index (χ0v) is 19.3. The predicted molar refractivity (Wildman–Crippen MR) is 123 cm³/mol. The summed E-state index contributed by atoms with van der Waals surface area (Å²) >= 11 is 0. The molecule has 1 saturated heterocycles. The van der Waals surface area contributed by atoms with Crippen LogP contribution in [0.4, 0.5) is 15.9 Å². The molecule has 32 heavy (non-hydrogen) atoms. The number of halogens is 1. The minimum absolute atomic E-state index is 0.170. The van der Waals surface area contributed by atoms with E-state index in [-0.39, 0.29) is 24.0 Å². The van der Waals surface area contributed by atoms with Crippen molar-refractivity contribution >= 4 is 28.8 Å². The molecule has 1 aromatic carbocycles. The van der Waals surface area contributed by atoms with Gasteiger partial charge in [0.05, 0.1) is 11.4 Å². The maximum absolute atomic E-state index is 14.8. The summed E-state index contributed by atoms with van der Waals surface area (Å²) in [7, 11) is 0. The number of hydrogen-bond donors (Lipinski definition) is 1. The van der Waals surface area contributed by atoms with Gasteiger partial charge in [-0.1, -0.05) is 13.8 Å². The molecule has 8 nitrogen and oxygen atoms in total. The van der Waals surface area contributed by atoms with Gasteiger partial charge in [0.2, 0.25) is 5.91 Å². The minimum Gasteiger partial charge on any atom is -0.382 e. The molecule has 3 aromatic rings. The van der Waals surface area contributed by atoms with Crippen LogP contribution in [0.5, 0.6) is 0 Å². The van der Waals surface area contributed by atoms with E-state index in [0.29, 0.717) is 29.1 Å². The number of carbonyl (C=O) groups excluding carboxylic acids is 2. The minimum atomic E-state index is -1.06. The normalized spacial score (nSPS) is 15.5. The number of benzene rings is 1. The van der Waals surface area contributed by atoms with Crippen molar-refractivity contribution in [2.75, 3.05) is 23.7 Å². The molecule has 3 heterocycles. The van der Waals surface area contributed by atoms with E-state index in [1.807, 2.05) is 26.8 Å². The zero-order valence-electron chi connectivity index (χ0n) is 19.3. The summed E-state index contributed by atoms with van der Waals surface area (Å²) in [5.74, 6) is -0.670. The lowest BCUT2D eigenvalue weighted by atomic mass is 9.96. The van der Waals surface area contributed by atoms with Crippen LogP contribution < -0.4 is 10.6 Å². The van der Waals surface area contributed by atoms with Crippen LogP contribution in [-0.4, -0.2) is 49.9 Å². The van der Waals surface area contributed by atoms with Crippen LogP contribution in [0.25, 0.3) is 16.8 Å². The Labute approximate surface area is 186 Å². The molecule has 0 unspecified atom stereocenters. The summed E-state index contributed by atoms with van der Waals surface area (Å²) in [5, 5.41) is 4.28. The molecule has 0 radical (unpaired) electrons. The third kappa shape index (κ3) is 3.68. The van der Waals surface area contributed by atoms with Crippen molar-refractivity contribution in [3.05, 3.63) is 42.0 Å². The van der Waals surface area contributed by atoms with Crippen LogP contribution in [0.1, 0.15) is 40.2 Å². The second-order valence-electron chi connectivity index (χ2n) is 7.97.